The van der Waals surface area contributed by atoms with Crippen molar-refractivity contribution >= 4 is 45.5 Å². The van der Waals surface area contributed by atoms with Crippen LogP contribution < -0.4 is 5.43 Å². The van der Waals surface area contributed by atoms with Crippen molar-refractivity contribution in [1.82, 2.24) is 9.99 Å². The lowest BCUT2D eigenvalue weighted by molar-refractivity contribution is -0.121. The van der Waals surface area contributed by atoms with Crippen LogP contribution in [0.2, 0.25) is 4.34 Å². The smallest absolute Gasteiger partial charge is 0.241 e. The molecular weight excluding hydrogens is 378 g/mol. The van der Waals surface area contributed by atoms with E-state index in [0.29, 0.717) is 13.0 Å². The van der Waals surface area contributed by atoms with Gasteiger partial charge in [0, 0.05) is 29.6 Å². The molecular formula is C21H22ClN3OS. The van der Waals surface area contributed by atoms with E-state index in [1.165, 1.54) is 46.3 Å². The van der Waals surface area contributed by atoms with Gasteiger partial charge in [0.1, 0.15) is 0 Å². The molecule has 0 aliphatic heterocycles. The number of carbonyl (C=O) groups excluding carboxylic acids is 1. The Bertz CT molecular complexity index is 1020. The van der Waals surface area contributed by atoms with Crippen LogP contribution in [-0.4, -0.2) is 16.2 Å². The number of carbonyl (C=O) groups is 1. The Kier molecular flexibility index (Phi) is 5.32. The van der Waals surface area contributed by atoms with E-state index in [0.717, 1.165) is 27.8 Å². The number of aromatic nitrogens is 1. The minimum Gasteiger partial charge on any atom is -0.344 e. The van der Waals surface area contributed by atoms with Gasteiger partial charge in [0.25, 0.3) is 0 Å². The van der Waals surface area contributed by atoms with Crippen LogP contribution in [0.15, 0.2) is 41.5 Å². The lowest BCUT2D eigenvalue weighted by atomic mass is 9.95. The van der Waals surface area contributed by atoms with Crippen molar-refractivity contribution < 1.29 is 4.79 Å². The van der Waals surface area contributed by atoms with Gasteiger partial charge in [-0.15, -0.1) is 11.3 Å². The minimum absolute atomic E-state index is 0.0701. The zero-order valence-corrected chi connectivity index (χ0v) is 16.9. The molecule has 2 heterocycles. The zero-order valence-electron chi connectivity index (χ0n) is 15.3. The highest BCUT2D eigenvalue weighted by atomic mass is 35.5. The van der Waals surface area contributed by atoms with Gasteiger partial charge < -0.3 is 4.57 Å². The van der Waals surface area contributed by atoms with Crippen molar-refractivity contribution in [3.05, 3.63) is 56.9 Å². The number of aryl methyl sites for hydroxylation is 2. The largest absolute Gasteiger partial charge is 0.344 e. The topological polar surface area (TPSA) is 46.4 Å². The van der Waals surface area contributed by atoms with Crippen LogP contribution in [0.4, 0.5) is 0 Å². The third-order valence-electron chi connectivity index (χ3n) is 5.13. The molecule has 0 bridgehead atoms. The first-order valence-electron chi connectivity index (χ1n) is 9.31. The Labute approximate surface area is 167 Å². The number of benzene rings is 1. The first-order valence-corrected chi connectivity index (χ1v) is 10.5. The SMILES string of the molecule is CC(=NNC(=O)CCn1c2c(c3ccccc31)CCCC2)c1ccc(Cl)s1. The quantitative estimate of drug-likeness (QED) is 0.467. The molecule has 3 aromatic rings. The number of hydrogen-bond acceptors (Lipinski definition) is 3. The van der Waals surface area contributed by atoms with Crippen LogP contribution in [0.25, 0.3) is 10.9 Å². The molecule has 27 heavy (non-hydrogen) atoms. The maximum atomic E-state index is 12.3. The summed E-state index contributed by atoms with van der Waals surface area (Å²) in [5.74, 6) is -0.0701. The number of amides is 1. The normalized spacial score (nSPS) is 14.4. The number of nitrogens with one attached hydrogen (secondary N) is 1. The van der Waals surface area contributed by atoms with Gasteiger partial charge in [0.15, 0.2) is 0 Å². The number of halogens is 1. The van der Waals surface area contributed by atoms with Crippen LogP contribution in [0.5, 0.6) is 0 Å². The van der Waals surface area contributed by atoms with Gasteiger partial charge in [-0.25, -0.2) is 5.43 Å². The fraction of sp³-hybridized carbons (Fsp3) is 0.333. The van der Waals surface area contributed by atoms with Gasteiger partial charge in [-0.3, -0.25) is 4.79 Å². The number of fused-ring (bicyclic) bond motifs is 3. The molecule has 1 aliphatic carbocycles. The Balaban J connectivity index is 1.46. The van der Waals surface area contributed by atoms with Gasteiger partial charge >= 0.3 is 0 Å². The highest BCUT2D eigenvalue weighted by molar-refractivity contribution is 7.18. The highest BCUT2D eigenvalue weighted by Gasteiger charge is 2.19. The molecule has 0 fully saturated rings. The maximum absolute atomic E-state index is 12.3. The molecule has 4 rings (SSSR count). The molecule has 2 aromatic heterocycles. The van der Waals surface area contributed by atoms with E-state index in [4.69, 9.17) is 11.6 Å². The molecule has 1 aromatic carbocycles. The second kappa shape index (κ2) is 7.87. The van der Waals surface area contributed by atoms with Crippen molar-refractivity contribution in [2.24, 2.45) is 5.10 Å². The van der Waals surface area contributed by atoms with Crippen LogP contribution >= 0.6 is 22.9 Å². The number of hydrogen-bond donors (Lipinski definition) is 1. The van der Waals surface area contributed by atoms with E-state index >= 15 is 0 Å². The molecule has 0 saturated carbocycles. The Morgan fingerprint density at radius 1 is 1.22 bits per heavy atom. The van der Waals surface area contributed by atoms with Crippen molar-refractivity contribution in [1.29, 1.82) is 0 Å². The molecule has 1 N–H and O–H groups in total. The van der Waals surface area contributed by atoms with E-state index in [-0.39, 0.29) is 5.91 Å². The Morgan fingerprint density at radius 2 is 2.04 bits per heavy atom. The molecule has 140 valence electrons. The van der Waals surface area contributed by atoms with Gasteiger partial charge in [0.2, 0.25) is 5.91 Å². The molecule has 4 nitrogen and oxygen atoms in total. The molecule has 0 unspecified atom stereocenters. The summed E-state index contributed by atoms with van der Waals surface area (Å²) in [6.07, 6.45) is 5.13. The molecule has 1 amide bonds. The molecule has 0 saturated heterocycles. The summed E-state index contributed by atoms with van der Waals surface area (Å²) in [4.78, 5) is 13.3. The average Bonchev–Trinajstić information content (AvgIpc) is 3.26. The summed E-state index contributed by atoms with van der Waals surface area (Å²) in [6.45, 7) is 2.55. The van der Waals surface area contributed by atoms with E-state index in [1.807, 2.05) is 19.1 Å². The first kappa shape index (κ1) is 18.3. The van der Waals surface area contributed by atoms with E-state index in [9.17, 15) is 4.79 Å². The Hall–Kier alpha value is -2.11. The van der Waals surface area contributed by atoms with Crippen LogP contribution in [0, 0.1) is 0 Å². The first-order chi connectivity index (χ1) is 13.1. The zero-order chi connectivity index (χ0) is 18.8. The number of nitrogens with zero attached hydrogens (tertiary/aromatic N) is 2. The standard InChI is InChI=1S/C21H22ClN3OS/c1-14(19-10-11-20(22)27-19)23-24-21(26)12-13-25-17-8-4-2-6-15(17)16-7-3-5-9-18(16)25/h2,4,6,8,10-11H,3,5,7,9,12-13H2,1H3,(H,24,26). The minimum atomic E-state index is -0.0701. The predicted molar refractivity (Wildman–Crippen MR) is 113 cm³/mol. The second-order valence-corrected chi connectivity index (χ2v) is 8.60. The van der Waals surface area contributed by atoms with Crippen LogP contribution in [0.3, 0.4) is 0 Å². The maximum Gasteiger partial charge on any atom is 0.241 e. The molecule has 0 spiro atoms. The third-order valence-corrected chi connectivity index (χ3v) is 6.46. The summed E-state index contributed by atoms with van der Waals surface area (Å²) in [7, 11) is 0. The molecule has 0 radical (unpaired) electrons. The molecule has 0 atom stereocenters. The number of rotatable bonds is 5. The van der Waals surface area contributed by atoms with Gasteiger partial charge in [-0.1, -0.05) is 29.8 Å². The lowest BCUT2D eigenvalue weighted by Crippen LogP contribution is -2.21. The van der Waals surface area contributed by atoms with Crippen molar-refractivity contribution in [2.45, 2.75) is 45.6 Å². The van der Waals surface area contributed by atoms with E-state index < -0.39 is 0 Å². The van der Waals surface area contributed by atoms with Gasteiger partial charge in [-0.2, -0.15) is 5.10 Å². The summed E-state index contributed by atoms with van der Waals surface area (Å²) >= 11 is 7.41. The van der Waals surface area contributed by atoms with Crippen molar-refractivity contribution in [3.63, 3.8) is 0 Å². The summed E-state index contributed by atoms with van der Waals surface area (Å²) < 4.78 is 3.05. The van der Waals surface area contributed by atoms with Gasteiger partial charge in [0.05, 0.1) is 14.9 Å². The fourth-order valence-electron chi connectivity index (χ4n) is 3.82. The summed E-state index contributed by atoms with van der Waals surface area (Å²) in [5, 5.41) is 5.56. The van der Waals surface area contributed by atoms with Crippen molar-refractivity contribution in [3.8, 4) is 0 Å². The number of thiophene rings is 1. The molecule has 6 heteroatoms. The van der Waals surface area contributed by atoms with Crippen LogP contribution in [-0.2, 0) is 24.2 Å². The number of hydrazone groups is 1. The fourth-order valence-corrected chi connectivity index (χ4v) is 4.81. The highest BCUT2D eigenvalue weighted by Crippen LogP contribution is 2.32. The van der Waals surface area contributed by atoms with E-state index in [2.05, 4.69) is 39.4 Å². The monoisotopic (exact) mass is 399 g/mol. The second-order valence-electron chi connectivity index (χ2n) is 6.89. The summed E-state index contributed by atoms with van der Waals surface area (Å²) in [5.41, 5.74) is 7.57. The predicted octanol–water partition coefficient (Wildman–Crippen LogP) is 5.17. The lowest BCUT2D eigenvalue weighted by Gasteiger charge is -2.15. The average molecular weight is 400 g/mol. The number of para-hydroxylation sites is 1. The summed E-state index contributed by atoms with van der Waals surface area (Å²) in [6, 6.07) is 12.3. The Morgan fingerprint density at radius 3 is 2.85 bits per heavy atom. The molecule has 1 aliphatic rings. The van der Waals surface area contributed by atoms with E-state index in [1.54, 1.807) is 0 Å². The van der Waals surface area contributed by atoms with Crippen molar-refractivity contribution in [2.75, 3.05) is 0 Å². The van der Waals surface area contributed by atoms with Crippen LogP contribution in [0.1, 0.15) is 42.3 Å². The third kappa shape index (κ3) is 3.80. The van der Waals surface area contributed by atoms with Gasteiger partial charge in [-0.05, 0) is 56.4 Å².